The van der Waals surface area contributed by atoms with Gasteiger partial charge in [-0.1, -0.05) is 30.3 Å². The Morgan fingerprint density at radius 3 is 2.55 bits per heavy atom. The van der Waals surface area contributed by atoms with Crippen molar-refractivity contribution >= 4 is 5.76 Å². The predicted molar refractivity (Wildman–Crippen MR) is 42.1 cm³/mol. The van der Waals surface area contributed by atoms with Crippen molar-refractivity contribution in [3.05, 3.63) is 47.1 Å². The third kappa shape index (κ3) is 1.80. The maximum atomic E-state index is 9.13. The van der Waals surface area contributed by atoms with Crippen LogP contribution in [0.5, 0.6) is 0 Å². The van der Waals surface area contributed by atoms with Gasteiger partial charge in [-0.25, -0.2) is 0 Å². The summed E-state index contributed by atoms with van der Waals surface area (Å²) in [5.74, 6) is -0.0481. The molecule has 1 aromatic carbocycles. The van der Waals surface area contributed by atoms with E-state index >= 15 is 0 Å². The molecule has 0 radical (unpaired) electrons. The molecule has 0 fully saturated rings. The van der Waals surface area contributed by atoms with Crippen LogP contribution in [0.25, 0.3) is 10.7 Å². The van der Waals surface area contributed by atoms with Crippen LogP contribution in [0.1, 0.15) is 5.56 Å². The van der Waals surface area contributed by atoms with Crippen molar-refractivity contribution in [1.82, 2.24) is 0 Å². The van der Waals surface area contributed by atoms with Gasteiger partial charge in [0.1, 0.15) is 0 Å². The smallest absolute Gasteiger partial charge is 0.392 e. The Hall–Kier alpha value is -1.82. The molecule has 0 spiro atoms. The van der Waals surface area contributed by atoms with Crippen molar-refractivity contribution in [2.45, 2.75) is 0 Å². The van der Waals surface area contributed by atoms with E-state index < -0.39 is 0 Å². The van der Waals surface area contributed by atoms with Crippen LogP contribution >= 0.6 is 0 Å². The third-order valence-corrected chi connectivity index (χ3v) is 1.25. The summed E-state index contributed by atoms with van der Waals surface area (Å²) in [7, 11) is 0. The van der Waals surface area contributed by atoms with Gasteiger partial charge in [-0.2, -0.15) is 0 Å². The summed E-state index contributed by atoms with van der Waals surface area (Å²) in [6.45, 7) is 0. The Balaban J connectivity index is 2.96. The Labute approximate surface area is 64.2 Å². The number of diazo groups is 1. The van der Waals surface area contributed by atoms with Crippen LogP contribution < -0.4 is 0 Å². The van der Waals surface area contributed by atoms with Gasteiger partial charge in [0.25, 0.3) is 0 Å². The van der Waals surface area contributed by atoms with E-state index in [4.69, 9.17) is 10.5 Å². The van der Waals surface area contributed by atoms with Crippen molar-refractivity contribution < 1.29 is 5.11 Å². The molecule has 0 saturated heterocycles. The minimum atomic E-state index is -0.0481. The minimum Gasteiger partial charge on any atom is -0.501 e. The van der Waals surface area contributed by atoms with Crippen molar-refractivity contribution in [1.29, 1.82) is 5.39 Å². The van der Waals surface area contributed by atoms with Crippen LogP contribution in [-0.4, -0.2) is 5.11 Å². The molecule has 1 N–H and O–H groups in total. The van der Waals surface area contributed by atoms with Crippen LogP contribution in [0.2, 0.25) is 0 Å². The molecular formula is C8H7N2O+. The highest BCUT2D eigenvalue weighted by atomic mass is 16.3. The highest BCUT2D eigenvalue weighted by Crippen LogP contribution is 2.09. The van der Waals surface area contributed by atoms with Gasteiger partial charge in [-0.05, 0) is 0 Å². The van der Waals surface area contributed by atoms with Gasteiger partial charge in [0.15, 0.2) is 4.98 Å². The quantitative estimate of drug-likeness (QED) is 0.489. The average Bonchev–Trinajstić information content (AvgIpc) is 2.07. The molecule has 0 aliphatic rings. The van der Waals surface area contributed by atoms with Gasteiger partial charge in [0, 0.05) is 5.56 Å². The van der Waals surface area contributed by atoms with E-state index in [0.717, 1.165) is 6.20 Å². The molecule has 0 aliphatic carbocycles. The topological polar surface area (TPSA) is 48.4 Å². The van der Waals surface area contributed by atoms with Gasteiger partial charge in [0.2, 0.25) is 11.2 Å². The van der Waals surface area contributed by atoms with E-state index in [-0.39, 0.29) is 5.76 Å². The molecule has 0 bridgehead atoms. The van der Waals surface area contributed by atoms with E-state index in [1.165, 1.54) is 0 Å². The van der Waals surface area contributed by atoms with Gasteiger partial charge in [0.05, 0.1) is 0 Å². The maximum Gasteiger partial charge on any atom is 0.392 e. The number of aliphatic hydroxyl groups excluding tert-OH is 1. The van der Waals surface area contributed by atoms with Gasteiger partial charge in [-0.15, -0.1) is 0 Å². The summed E-state index contributed by atoms with van der Waals surface area (Å²) in [5.41, 5.74) is 0.630. The van der Waals surface area contributed by atoms with Crippen LogP contribution in [0.3, 0.4) is 0 Å². The Morgan fingerprint density at radius 2 is 2.00 bits per heavy atom. The fraction of sp³-hybridized carbons (Fsp3) is 0. The fourth-order valence-corrected chi connectivity index (χ4v) is 0.738. The number of aliphatic hydroxyl groups is 1. The second-order valence-corrected chi connectivity index (χ2v) is 2.00. The average molecular weight is 147 g/mol. The lowest BCUT2D eigenvalue weighted by Crippen LogP contribution is -1.78. The maximum absolute atomic E-state index is 9.13. The van der Waals surface area contributed by atoms with E-state index in [1.807, 2.05) is 6.07 Å². The molecule has 0 atom stereocenters. The monoisotopic (exact) mass is 147 g/mol. The zero-order chi connectivity index (χ0) is 8.10. The first kappa shape index (κ1) is 7.29. The highest BCUT2D eigenvalue weighted by molar-refractivity contribution is 5.58. The lowest BCUT2D eigenvalue weighted by Gasteiger charge is -1.91. The molecule has 54 valence electrons. The molecule has 1 rings (SSSR count). The number of benzene rings is 1. The van der Waals surface area contributed by atoms with Crippen LogP contribution in [0.4, 0.5) is 0 Å². The van der Waals surface area contributed by atoms with Crippen molar-refractivity contribution in [2.75, 3.05) is 0 Å². The molecule has 3 heteroatoms. The molecule has 0 amide bonds. The number of hydrogen-bond donors (Lipinski definition) is 1. The molecule has 0 aliphatic heterocycles. The second kappa shape index (κ2) is 3.37. The minimum absolute atomic E-state index is 0.0481. The molecule has 11 heavy (non-hydrogen) atoms. The summed E-state index contributed by atoms with van der Waals surface area (Å²) < 4.78 is 0. The zero-order valence-corrected chi connectivity index (χ0v) is 5.81. The van der Waals surface area contributed by atoms with Crippen LogP contribution in [0.15, 0.2) is 36.5 Å². The van der Waals surface area contributed by atoms with E-state index in [0.29, 0.717) is 5.56 Å². The number of rotatable bonds is 1. The lowest BCUT2D eigenvalue weighted by atomic mass is 10.2. The molecule has 0 aromatic heterocycles. The molecule has 1 aromatic rings. The molecule has 0 unspecified atom stereocenters. The van der Waals surface area contributed by atoms with Gasteiger partial charge >= 0.3 is 6.20 Å². The largest absolute Gasteiger partial charge is 0.501 e. The van der Waals surface area contributed by atoms with Crippen molar-refractivity contribution in [3.8, 4) is 0 Å². The van der Waals surface area contributed by atoms with Crippen molar-refractivity contribution in [2.24, 2.45) is 0 Å². The zero-order valence-electron chi connectivity index (χ0n) is 5.81. The number of hydrogen-bond acceptors (Lipinski definition) is 2. The first-order valence-electron chi connectivity index (χ1n) is 3.13. The van der Waals surface area contributed by atoms with E-state index in [2.05, 4.69) is 4.98 Å². The summed E-state index contributed by atoms with van der Waals surface area (Å²) in [5, 5.41) is 17.2. The SMILES string of the molecule is N#[N+]/C=C(/O)c1ccccc1. The predicted octanol–water partition coefficient (Wildman–Crippen LogP) is 2.40. The summed E-state index contributed by atoms with van der Waals surface area (Å²) in [6.07, 6.45) is 0.981. The fourth-order valence-electron chi connectivity index (χ4n) is 0.738. The second-order valence-electron chi connectivity index (χ2n) is 2.00. The van der Waals surface area contributed by atoms with E-state index in [1.54, 1.807) is 24.3 Å². The highest BCUT2D eigenvalue weighted by Gasteiger charge is 2.00. The summed E-state index contributed by atoms with van der Waals surface area (Å²) in [4.78, 5) is 2.70. The standard InChI is InChI=1S/C8H6N2O/c9-10-6-8(11)7-4-2-1-3-5-7/h1-6H/p+1/b8-6+. The molecule has 3 nitrogen and oxygen atoms in total. The Bertz CT molecular complexity index is 298. The van der Waals surface area contributed by atoms with Crippen LogP contribution in [0, 0.1) is 5.39 Å². The molecule has 0 saturated carbocycles. The first-order valence-corrected chi connectivity index (χ1v) is 3.13. The van der Waals surface area contributed by atoms with E-state index in [9.17, 15) is 0 Å². The third-order valence-electron chi connectivity index (χ3n) is 1.25. The van der Waals surface area contributed by atoms with Crippen molar-refractivity contribution in [3.63, 3.8) is 0 Å². The lowest BCUT2D eigenvalue weighted by molar-refractivity contribution is 0.511. The van der Waals surface area contributed by atoms with Gasteiger partial charge in [-0.3, -0.25) is 0 Å². The summed E-state index contributed by atoms with van der Waals surface area (Å²) >= 11 is 0. The van der Waals surface area contributed by atoms with Crippen LogP contribution in [-0.2, 0) is 0 Å². The molecule has 0 heterocycles. The Morgan fingerprint density at radius 1 is 1.36 bits per heavy atom. The normalized spacial score (nSPS) is 10.6. The first-order chi connectivity index (χ1) is 5.34. The Kier molecular flexibility index (Phi) is 2.24. The molecular weight excluding hydrogens is 140 g/mol. The summed E-state index contributed by atoms with van der Waals surface area (Å²) in [6, 6.07) is 8.86. The van der Waals surface area contributed by atoms with Gasteiger partial charge < -0.3 is 5.11 Å². The number of nitrogens with zero attached hydrogens (tertiary/aromatic N) is 2.